The number of para-hydroxylation sites is 1. The van der Waals surface area contributed by atoms with Gasteiger partial charge in [0.25, 0.3) is 0 Å². The van der Waals surface area contributed by atoms with Gasteiger partial charge in [-0.1, -0.05) is 42.5 Å². The first kappa shape index (κ1) is 21.4. The Morgan fingerprint density at radius 2 is 1.94 bits per heavy atom. The van der Waals surface area contributed by atoms with E-state index < -0.39 is 6.09 Å². The number of aromatic nitrogens is 1. The first-order valence-corrected chi connectivity index (χ1v) is 10.6. The third-order valence-electron chi connectivity index (χ3n) is 5.77. The van der Waals surface area contributed by atoms with Crippen molar-refractivity contribution in [3.63, 3.8) is 0 Å². The van der Waals surface area contributed by atoms with Crippen molar-refractivity contribution in [2.75, 3.05) is 18.8 Å². The average molecular weight is 431 g/mol. The Labute approximate surface area is 186 Å². The molecule has 3 aromatic rings. The number of benzene rings is 2. The summed E-state index contributed by atoms with van der Waals surface area (Å²) in [7, 11) is 0. The Hall–Kier alpha value is -3.87. The van der Waals surface area contributed by atoms with Gasteiger partial charge in [0.15, 0.2) is 6.29 Å². The van der Waals surface area contributed by atoms with Gasteiger partial charge in [0, 0.05) is 24.6 Å². The van der Waals surface area contributed by atoms with E-state index in [0.717, 1.165) is 29.5 Å². The van der Waals surface area contributed by atoms with Gasteiger partial charge in [0.1, 0.15) is 18.2 Å². The highest BCUT2D eigenvalue weighted by atomic mass is 16.5. The molecule has 1 unspecified atom stereocenters. The van der Waals surface area contributed by atoms with Crippen LogP contribution < -0.4 is 10.5 Å². The summed E-state index contributed by atoms with van der Waals surface area (Å²) in [6.45, 7) is 1.22. The van der Waals surface area contributed by atoms with Gasteiger partial charge < -0.3 is 20.5 Å². The van der Waals surface area contributed by atoms with Crippen molar-refractivity contribution in [3.8, 4) is 17.0 Å². The molecule has 1 aliphatic rings. The maximum atomic E-state index is 11.8. The minimum Gasteiger partial charge on any atom is -0.488 e. The number of hydrogen-bond acceptors (Lipinski definition) is 5. The van der Waals surface area contributed by atoms with Crippen LogP contribution in [-0.2, 0) is 6.61 Å². The molecule has 0 saturated carbocycles. The quantitative estimate of drug-likeness (QED) is 0.554. The molecule has 0 radical (unpaired) electrons. The van der Waals surface area contributed by atoms with Crippen LogP contribution in [0.2, 0.25) is 0 Å². The van der Waals surface area contributed by atoms with Crippen LogP contribution in [0.5, 0.6) is 5.75 Å². The van der Waals surface area contributed by atoms with Crippen LogP contribution in [0, 0.1) is 0 Å². The van der Waals surface area contributed by atoms with E-state index in [-0.39, 0.29) is 11.7 Å². The number of pyridine rings is 1. The fourth-order valence-electron chi connectivity index (χ4n) is 4.14. The van der Waals surface area contributed by atoms with Gasteiger partial charge >= 0.3 is 6.09 Å². The number of anilines is 1. The van der Waals surface area contributed by atoms with Gasteiger partial charge in [-0.3, -0.25) is 4.79 Å². The standard InChI is InChI=1S/C25H25N3O4/c26-24-21(15-29)20(18-9-6-12-28(14-18)25(30)31)13-22(27-24)19-10-4-5-11-23(19)32-16-17-7-2-1-3-8-17/h1-5,7-8,10-11,13,15,18H,6,9,12,14,16H2,(H2,26,27)(H,30,31). The Morgan fingerprint density at radius 1 is 1.19 bits per heavy atom. The van der Waals surface area contributed by atoms with Gasteiger partial charge in [-0.15, -0.1) is 0 Å². The van der Waals surface area contributed by atoms with Crippen molar-refractivity contribution >= 4 is 18.2 Å². The maximum absolute atomic E-state index is 11.8. The van der Waals surface area contributed by atoms with Gasteiger partial charge in [-0.2, -0.15) is 0 Å². The van der Waals surface area contributed by atoms with E-state index in [1.54, 1.807) is 0 Å². The molecule has 0 spiro atoms. The van der Waals surface area contributed by atoms with Crippen LogP contribution in [0.15, 0.2) is 60.7 Å². The lowest BCUT2D eigenvalue weighted by Gasteiger charge is -2.31. The van der Waals surface area contributed by atoms with Crippen LogP contribution in [0.3, 0.4) is 0 Å². The highest BCUT2D eigenvalue weighted by Crippen LogP contribution is 2.36. The molecule has 1 saturated heterocycles. The zero-order valence-electron chi connectivity index (χ0n) is 17.6. The van der Waals surface area contributed by atoms with Crippen LogP contribution in [-0.4, -0.2) is 40.5 Å². The van der Waals surface area contributed by atoms with Crippen molar-refractivity contribution < 1.29 is 19.4 Å². The van der Waals surface area contributed by atoms with Crippen LogP contribution in [0.25, 0.3) is 11.3 Å². The number of ether oxygens (including phenoxy) is 1. The lowest BCUT2D eigenvalue weighted by atomic mass is 9.87. The topological polar surface area (TPSA) is 106 Å². The van der Waals surface area contributed by atoms with E-state index in [2.05, 4.69) is 4.98 Å². The van der Waals surface area contributed by atoms with Crippen molar-refractivity contribution in [2.24, 2.45) is 0 Å². The second kappa shape index (κ2) is 9.51. The zero-order valence-corrected chi connectivity index (χ0v) is 17.6. The molecule has 3 N–H and O–H groups in total. The largest absolute Gasteiger partial charge is 0.488 e. The maximum Gasteiger partial charge on any atom is 0.407 e. The molecule has 0 aliphatic carbocycles. The van der Waals surface area contributed by atoms with E-state index >= 15 is 0 Å². The molecule has 32 heavy (non-hydrogen) atoms. The molecule has 1 aliphatic heterocycles. The molecule has 2 heterocycles. The molecule has 4 rings (SSSR count). The van der Waals surface area contributed by atoms with Crippen molar-refractivity contribution in [1.82, 2.24) is 9.88 Å². The molecule has 1 aromatic heterocycles. The highest BCUT2D eigenvalue weighted by molar-refractivity contribution is 5.86. The lowest BCUT2D eigenvalue weighted by molar-refractivity contribution is 0.112. The highest BCUT2D eigenvalue weighted by Gasteiger charge is 2.28. The molecule has 7 heteroatoms. The molecule has 1 atom stereocenters. The minimum absolute atomic E-state index is 0.124. The van der Waals surface area contributed by atoms with Gasteiger partial charge in [0.05, 0.1) is 11.3 Å². The van der Waals surface area contributed by atoms with Crippen LogP contribution >= 0.6 is 0 Å². The number of nitrogen functional groups attached to an aromatic ring is 1. The molecule has 1 fully saturated rings. The fraction of sp³-hybridized carbons (Fsp3) is 0.240. The second-order valence-corrected chi connectivity index (χ2v) is 7.85. The number of hydrogen-bond donors (Lipinski definition) is 2. The number of rotatable bonds is 6. The van der Waals surface area contributed by atoms with Gasteiger partial charge in [0.2, 0.25) is 0 Å². The Balaban J connectivity index is 1.69. The number of amides is 1. The summed E-state index contributed by atoms with van der Waals surface area (Å²) >= 11 is 0. The number of nitrogens with two attached hydrogens (primary N) is 1. The van der Waals surface area contributed by atoms with Crippen molar-refractivity contribution in [1.29, 1.82) is 0 Å². The summed E-state index contributed by atoms with van der Waals surface area (Å²) in [6.07, 6.45) is 1.26. The van der Waals surface area contributed by atoms with Crippen LogP contribution in [0.4, 0.5) is 10.6 Å². The van der Waals surface area contributed by atoms with E-state index in [1.165, 1.54) is 4.90 Å². The SMILES string of the molecule is Nc1nc(-c2ccccc2OCc2ccccc2)cc(C2CCCN(C(=O)O)C2)c1C=O. The number of aldehydes is 1. The number of likely N-dealkylation sites (tertiary alicyclic amines) is 1. The second-order valence-electron chi connectivity index (χ2n) is 7.85. The van der Waals surface area contributed by atoms with E-state index in [1.807, 2.05) is 60.7 Å². The first-order chi connectivity index (χ1) is 15.6. The molecule has 7 nitrogen and oxygen atoms in total. The normalized spacial score (nSPS) is 15.9. The molecule has 0 bridgehead atoms. The van der Waals surface area contributed by atoms with Gasteiger partial charge in [-0.05, 0) is 42.2 Å². The number of carbonyl (C=O) groups excluding carboxylic acids is 1. The Kier molecular flexibility index (Phi) is 6.35. The number of carboxylic acid groups (broad SMARTS) is 1. The Morgan fingerprint density at radius 3 is 2.69 bits per heavy atom. The van der Waals surface area contributed by atoms with E-state index in [9.17, 15) is 14.7 Å². The van der Waals surface area contributed by atoms with Crippen molar-refractivity contribution in [2.45, 2.75) is 25.4 Å². The summed E-state index contributed by atoms with van der Waals surface area (Å²) < 4.78 is 6.07. The molecule has 164 valence electrons. The number of carbonyl (C=O) groups is 2. The predicted molar refractivity (Wildman–Crippen MR) is 122 cm³/mol. The number of piperidine rings is 1. The van der Waals surface area contributed by atoms with Crippen molar-refractivity contribution in [3.05, 3.63) is 77.4 Å². The first-order valence-electron chi connectivity index (χ1n) is 10.6. The Bertz CT molecular complexity index is 1120. The fourth-order valence-corrected chi connectivity index (χ4v) is 4.14. The molecular weight excluding hydrogens is 406 g/mol. The monoisotopic (exact) mass is 431 g/mol. The van der Waals surface area contributed by atoms with Gasteiger partial charge in [-0.25, -0.2) is 9.78 Å². The molecular formula is C25H25N3O4. The summed E-state index contributed by atoms with van der Waals surface area (Å²) in [5.41, 5.74) is 9.63. The van der Waals surface area contributed by atoms with Crippen LogP contribution in [0.1, 0.15) is 40.2 Å². The third kappa shape index (κ3) is 4.56. The molecule has 1 amide bonds. The lowest BCUT2D eigenvalue weighted by Crippen LogP contribution is -2.38. The molecule has 2 aromatic carbocycles. The third-order valence-corrected chi connectivity index (χ3v) is 5.77. The van der Waals surface area contributed by atoms with E-state index in [0.29, 0.717) is 43.0 Å². The summed E-state index contributed by atoms with van der Waals surface area (Å²) in [4.78, 5) is 29.1. The minimum atomic E-state index is -0.954. The number of nitrogens with zero attached hydrogens (tertiary/aromatic N) is 2. The average Bonchev–Trinajstić information content (AvgIpc) is 2.83. The summed E-state index contributed by atoms with van der Waals surface area (Å²) in [6, 6.07) is 19.3. The van der Waals surface area contributed by atoms with E-state index in [4.69, 9.17) is 10.5 Å². The predicted octanol–water partition coefficient (Wildman–Crippen LogP) is 4.58. The summed E-state index contributed by atoms with van der Waals surface area (Å²) in [5, 5.41) is 9.41. The smallest absolute Gasteiger partial charge is 0.407 e. The zero-order chi connectivity index (χ0) is 22.5. The summed E-state index contributed by atoms with van der Waals surface area (Å²) in [5.74, 6) is 0.670.